The maximum absolute atomic E-state index is 12.5. The van der Waals surface area contributed by atoms with Crippen LogP contribution < -0.4 is 15.8 Å². The number of amidine groups is 1. The Bertz CT molecular complexity index is 1050. The molecule has 0 aliphatic carbocycles. The predicted molar refractivity (Wildman–Crippen MR) is 135 cm³/mol. The van der Waals surface area contributed by atoms with Gasteiger partial charge in [-0.1, -0.05) is 20.4 Å². The van der Waals surface area contributed by atoms with Crippen molar-refractivity contribution in [3.63, 3.8) is 0 Å². The summed E-state index contributed by atoms with van der Waals surface area (Å²) in [6.45, 7) is 11.9. The van der Waals surface area contributed by atoms with Gasteiger partial charge in [-0.05, 0) is 63.9 Å². The van der Waals surface area contributed by atoms with Crippen LogP contribution >= 0.6 is 15.9 Å². The number of benzene rings is 1. The van der Waals surface area contributed by atoms with Gasteiger partial charge in [-0.3, -0.25) is 4.79 Å². The molecule has 1 amide bonds. The van der Waals surface area contributed by atoms with Gasteiger partial charge in [0.25, 0.3) is 5.91 Å². The number of nitrogens with zero attached hydrogens (tertiary/aromatic N) is 2. The number of anilines is 1. The fourth-order valence-electron chi connectivity index (χ4n) is 3.04. The highest BCUT2D eigenvalue weighted by molar-refractivity contribution is 9.10. The van der Waals surface area contributed by atoms with Gasteiger partial charge in [0.2, 0.25) is 5.84 Å². The Morgan fingerprint density at radius 2 is 2.00 bits per heavy atom. The third-order valence-corrected chi connectivity index (χ3v) is 5.98. The number of nitrogens with one attached hydrogen (secondary N) is 2. The first-order valence-electron chi connectivity index (χ1n) is 10.1. The van der Waals surface area contributed by atoms with Crippen LogP contribution in [0.1, 0.15) is 47.3 Å². The summed E-state index contributed by atoms with van der Waals surface area (Å²) in [7, 11) is 3.16. The lowest BCUT2D eigenvalue weighted by atomic mass is 10.0. The number of aryl methyl sites for hydroxylation is 2. The van der Waals surface area contributed by atoms with Crippen LogP contribution in [0.2, 0.25) is 0 Å². The highest BCUT2D eigenvalue weighted by Gasteiger charge is 2.25. The Kier molecular flexibility index (Phi) is 9.01. The zero-order valence-corrected chi connectivity index (χ0v) is 21.9. The fraction of sp³-hybridized carbons (Fsp3) is 0.364. The summed E-state index contributed by atoms with van der Waals surface area (Å²) in [4.78, 5) is 13.9. The smallest absolute Gasteiger partial charge is 0.258 e. The van der Waals surface area contributed by atoms with E-state index in [2.05, 4.69) is 37.5 Å². The highest BCUT2D eigenvalue weighted by atomic mass is 79.9. The molecule has 2 aromatic rings. The molecular formula is C22H30BrN5O4S. The number of halogens is 1. The predicted octanol–water partition coefficient (Wildman–Crippen LogP) is 3.91. The number of carbonyl (C=O) groups excluding carboxylic acids is 1. The lowest BCUT2D eigenvalue weighted by Crippen LogP contribution is -2.32. The van der Waals surface area contributed by atoms with Crippen molar-refractivity contribution in [1.82, 2.24) is 10.2 Å². The molecule has 0 bridgehead atoms. The number of phenolic OH excluding ortho intramolecular Hbond substituents is 1. The van der Waals surface area contributed by atoms with Crippen LogP contribution in [0.4, 0.5) is 5.69 Å². The molecule has 0 saturated heterocycles. The summed E-state index contributed by atoms with van der Waals surface area (Å²) in [5, 5.41) is 22.3. The number of aromatic hydroxyl groups is 1. The van der Waals surface area contributed by atoms with E-state index in [-0.39, 0.29) is 40.5 Å². The van der Waals surface area contributed by atoms with Crippen molar-refractivity contribution < 1.29 is 18.9 Å². The SMILES string of the molecule is C=C(N[C@@H](c1cc(C)c(C)o1)C(C)C)C(=N[S+](N)[O-])Nc1ccc(Br)c(C(=O)N(C)C)c1O. The number of phenols is 1. The average Bonchev–Trinajstić information content (AvgIpc) is 3.04. The molecule has 1 heterocycles. The van der Waals surface area contributed by atoms with E-state index in [1.165, 1.54) is 4.90 Å². The molecule has 1 unspecified atom stereocenters. The molecule has 0 aliphatic heterocycles. The van der Waals surface area contributed by atoms with Crippen LogP contribution in [0.5, 0.6) is 5.75 Å². The minimum Gasteiger partial charge on any atom is -0.572 e. The first-order valence-corrected chi connectivity index (χ1v) is 12.1. The molecular weight excluding hydrogens is 510 g/mol. The first kappa shape index (κ1) is 26.8. The molecule has 2 rings (SSSR count). The Morgan fingerprint density at radius 3 is 2.48 bits per heavy atom. The maximum atomic E-state index is 12.5. The molecule has 2 atom stereocenters. The van der Waals surface area contributed by atoms with Crippen molar-refractivity contribution in [2.75, 3.05) is 19.4 Å². The van der Waals surface area contributed by atoms with Gasteiger partial charge in [0.05, 0.1) is 23.0 Å². The summed E-state index contributed by atoms with van der Waals surface area (Å²) in [5.74, 6) is 0.994. The van der Waals surface area contributed by atoms with Gasteiger partial charge in [-0.2, -0.15) is 0 Å². The van der Waals surface area contributed by atoms with Crippen LogP contribution in [0, 0.1) is 19.8 Å². The standard InChI is InChI=1S/C22H30BrN5O4S/c1-11(2)19(17-10-12(3)14(5)32-17)25-13(4)21(27-33(24)31)26-16-9-8-15(23)18(20(16)29)22(30)28(6)7/h8-11,19,25,29H,4,24H2,1-3,5-7H3,(H,26,27)/t19-,33?/m1/s1. The van der Waals surface area contributed by atoms with Crippen molar-refractivity contribution in [1.29, 1.82) is 0 Å². The van der Waals surface area contributed by atoms with Crippen LogP contribution in [-0.4, -0.2) is 40.4 Å². The van der Waals surface area contributed by atoms with E-state index in [4.69, 9.17) is 9.56 Å². The number of rotatable bonds is 8. The van der Waals surface area contributed by atoms with Crippen LogP contribution in [-0.2, 0) is 11.5 Å². The summed E-state index contributed by atoms with van der Waals surface area (Å²) >= 11 is 1.24. The first-order chi connectivity index (χ1) is 15.3. The molecule has 0 aliphatic rings. The van der Waals surface area contributed by atoms with Crippen molar-refractivity contribution in [2.45, 2.75) is 33.7 Å². The lowest BCUT2D eigenvalue weighted by Gasteiger charge is -2.24. The summed E-state index contributed by atoms with van der Waals surface area (Å²) in [6.07, 6.45) is 0. The number of amides is 1. The second-order valence-electron chi connectivity index (χ2n) is 8.09. The number of carbonyl (C=O) groups is 1. The third kappa shape index (κ3) is 6.53. The molecule has 33 heavy (non-hydrogen) atoms. The van der Waals surface area contributed by atoms with Crippen molar-refractivity contribution >= 4 is 44.9 Å². The largest absolute Gasteiger partial charge is 0.572 e. The summed E-state index contributed by atoms with van der Waals surface area (Å²) in [5.41, 5.74) is 1.54. The van der Waals surface area contributed by atoms with Crippen LogP contribution in [0.15, 0.2) is 43.8 Å². The average molecular weight is 540 g/mol. The second kappa shape index (κ2) is 11.1. The Morgan fingerprint density at radius 1 is 1.36 bits per heavy atom. The quantitative estimate of drug-likeness (QED) is 0.172. The minimum atomic E-state index is -2.06. The number of nitrogens with two attached hydrogens (primary N) is 1. The van der Waals surface area contributed by atoms with E-state index in [0.717, 1.165) is 17.1 Å². The van der Waals surface area contributed by atoms with Crippen molar-refractivity contribution in [3.8, 4) is 5.75 Å². The van der Waals surface area contributed by atoms with E-state index >= 15 is 0 Å². The zero-order chi connectivity index (χ0) is 25.0. The normalized spacial score (nSPS) is 13.6. The van der Waals surface area contributed by atoms with Gasteiger partial charge in [0, 0.05) is 18.6 Å². The minimum absolute atomic E-state index is 0.0438. The van der Waals surface area contributed by atoms with Gasteiger partial charge in [-0.15, -0.1) is 5.14 Å². The molecule has 9 nitrogen and oxygen atoms in total. The topological polar surface area (TPSA) is 139 Å². The van der Waals surface area contributed by atoms with Crippen molar-refractivity contribution in [2.24, 2.45) is 15.5 Å². The summed E-state index contributed by atoms with van der Waals surface area (Å²) < 4.78 is 22.0. The molecule has 0 fully saturated rings. The highest BCUT2D eigenvalue weighted by Crippen LogP contribution is 2.35. The van der Waals surface area contributed by atoms with Gasteiger partial charge >= 0.3 is 0 Å². The maximum Gasteiger partial charge on any atom is 0.258 e. The summed E-state index contributed by atoms with van der Waals surface area (Å²) in [6, 6.07) is 4.85. The number of hydrogen-bond donors (Lipinski definition) is 4. The molecule has 1 aromatic heterocycles. The van der Waals surface area contributed by atoms with Gasteiger partial charge in [-0.25, -0.2) is 0 Å². The monoisotopic (exact) mass is 539 g/mol. The van der Waals surface area contributed by atoms with Crippen molar-refractivity contribution in [3.05, 3.63) is 57.6 Å². The molecule has 0 spiro atoms. The molecule has 0 saturated carbocycles. The Labute approximate surface area is 205 Å². The molecule has 0 radical (unpaired) electrons. The van der Waals surface area contributed by atoms with E-state index < -0.39 is 17.5 Å². The van der Waals surface area contributed by atoms with Crippen LogP contribution in [0.3, 0.4) is 0 Å². The molecule has 11 heteroatoms. The fourth-order valence-corrected chi connectivity index (χ4v) is 3.87. The zero-order valence-electron chi connectivity index (χ0n) is 19.5. The van der Waals surface area contributed by atoms with Gasteiger partial charge in [0.1, 0.15) is 11.5 Å². The van der Waals surface area contributed by atoms with E-state index in [1.54, 1.807) is 26.2 Å². The van der Waals surface area contributed by atoms with Gasteiger partial charge in [0.15, 0.2) is 17.3 Å². The van der Waals surface area contributed by atoms with Gasteiger partial charge < -0.3 is 29.6 Å². The Balaban J connectivity index is 2.40. The molecule has 1 aromatic carbocycles. The van der Waals surface area contributed by atoms with E-state index in [0.29, 0.717) is 4.47 Å². The van der Waals surface area contributed by atoms with E-state index in [1.807, 2.05) is 33.8 Å². The van der Waals surface area contributed by atoms with E-state index in [9.17, 15) is 14.5 Å². The molecule has 180 valence electrons. The molecule has 5 N–H and O–H groups in total. The number of hydrogen-bond acceptors (Lipinski definition) is 7. The third-order valence-electron chi connectivity index (χ3n) is 4.96. The lowest BCUT2D eigenvalue weighted by molar-refractivity contribution is 0.0824. The van der Waals surface area contributed by atoms with Crippen LogP contribution in [0.25, 0.3) is 0 Å². The second-order valence-corrected chi connectivity index (χ2v) is 9.68. The number of furan rings is 1. The Hall–Kier alpha value is -2.47.